The molecule has 1 aliphatic heterocycles. The van der Waals surface area contributed by atoms with E-state index in [4.69, 9.17) is 4.74 Å². The molecule has 1 N–H and O–H groups in total. The van der Waals surface area contributed by atoms with Crippen molar-refractivity contribution in [2.45, 2.75) is 39.3 Å². The van der Waals surface area contributed by atoms with Crippen molar-refractivity contribution >= 4 is 6.09 Å². The van der Waals surface area contributed by atoms with Gasteiger partial charge in [-0.25, -0.2) is 4.79 Å². The minimum atomic E-state index is -0.480. The molecule has 0 saturated carbocycles. The van der Waals surface area contributed by atoms with Gasteiger partial charge in [0.05, 0.1) is 11.7 Å². The van der Waals surface area contributed by atoms with Gasteiger partial charge in [-0.05, 0) is 33.8 Å². The molecule has 1 atom stereocenters. The highest BCUT2D eigenvalue weighted by Gasteiger charge is 2.32. The molecular weight excluding hydrogens is 256 g/mol. The van der Waals surface area contributed by atoms with Gasteiger partial charge in [0.15, 0.2) is 0 Å². The van der Waals surface area contributed by atoms with Gasteiger partial charge in [0.25, 0.3) is 0 Å². The lowest BCUT2D eigenvalue weighted by molar-refractivity contribution is 0.0113. The maximum absolute atomic E-state index is 12.3. The second kappa shape index (κ2) is 5.44. The lowest BCUT2D eigenvalue weighted by Crippen LogP contribution is -2.50. The van der Waals surface area contributed by atoms with Crippen molar-refractivity contribution in [1.29, 1.82) is 0 Å². The van der Waals surface area contributed by atoms with Crippen LogP contribution in [0.2, 0.25) is 0 Å². The number of ether oxygens (including phenoxy) is 1. The molecule has 1 unspecified atom stereocenters. The molecule has 1 aromatic heterocycles. The van der Waals surface area contributed by atoms with E-state index >= 15 is 0 Å². The minimum Gasteiger partial charge on any atom is -0.444 e. The van der Waals surface area contributed by atoms with Gasteiger partial charge in [0.1, 0.15) is 5.60 Å². The Bertz CT molecular complexity index is 470. The molecule has 1 saturated heterocycles. The Hall–Kier alpha value is -1.56. The van der Waals surface area contributed by atoms with Crippen LogP contribution in [-0.2, 0) is 11.8 Å². The van der Waals surface area contributed by atoms with Crippen LogP contribution in [0.3, 0.4) is 0 Å². The SMILES string of the molecule is Cc1cc(C2CNCCN2C(=O)OC(C)(C)C)nn1C. The van der Waals surface area contributed by atoms with Crippen molar-refractivity contribution in [2.24, 2.45) is 7.05 Å². The summed E-state index contributed by atoms with van der Waals surface area (Å²) in [7, 11) is 1.91. The summed E-state index contributed by atoms with van der Waals surface area (Å²) in [5.74, 6) is 0. The summed E-state index contributed by atoms with van der Waals surface area (Å²) in [4.78, 5) is 14.1. The van der Waals surface area contributed by atoms with Crippen LogP contribution in [0.4, 0.5) is 4.79 Å². The highest BCUT2D eigenvalue weighted by atomic mass is 16.6. The Kier molecular flexibility index (Phi) is 4.04. The Morgan fingerprint density at radius 1 is 1.50 bits per heavy atom. The number of amides is 1. The molecule has 112 valence electrons. The van der Waals surface area contributed by atoms with E-state index in [1.165, 1.54) is 0 Å². The first-order valence-electron chi connectivity index (χ1n) is 6.99. The number of hydrogen-bond acceptors (Lipinski definition) is 4. The van der Waals surface area contributed by atoms with Crippen LogP contribution in [0.15, 0.2) is 6.07 Å². The van der Waals surface area contributed by atoms with Gasteiger partial charge < -0.3 is 10.1 Å². The van der Waals surface area contributed by atoms with Crippen LogP contribution < -0.4 is 5.32 Å². The summed E-state index contributed by atoms with van der Waals surface area (Å²) in [5, 5.41) is 7.80. The fraction of sp³-hybridized carbons (Fsp3) is 0.714. The Morgan fingerprint density at radius 3 is 2.75 bits per heavy atom. The third-order valence-electron chi connectivity index (χ3n) is 3.35. The fourth-order valence-electron chi connectivity index (χ4n) is 2.26. The van der Waals surface area contributed by atoms with Crippen molar-refractivity contribution in [3.05, 3.63) is 17.5 Å². The number of nitrogens with zero attached hydrogens (tertiary/aromatic N) is 3. The molecule has 1 aliphatic rings. The summed E-state index contributed by atoms with van der Waals surface area (Å²) in [6.45, 7) is 9.77. The van der Waals surface area contributed by atoms with E-state index in [1.54, 1.807) is 4.90 Å². The molecule has 1 fully saturated rings. The molecule has 2 heterocycles. The maximum atomic E-state index is 12.3. The number of carbonyl (C=O) groups excluding carboxylic acids is 1. The van der Waals surface area contributed by atoms with Crippen molar-refractivity contribution in [2.75, 3.05) is 19.6 Å². The minimum absolute atomic E-state index is 0.0708. The first kappa shape index (κ1) is 14.8. The Balaban J connectivity index is 2.19. The molecule has 0 radical (unpaired) electrons. The monoisotopic (exact) mass is 280 g/mol. The second-order valence-corrected chi connectivity index (χ2v) is 6.23. The normalized spacial score (nSPS) is 20.1. The molecule has 6 heteroatoms. The van der Waals surface area contributed by atoms with E-state index < -0.39 is 5.60 Å². The highest BCUT2D eigenvalue weighted by Crippen LogP contribution is 2.24. The lowest BCUT2D eigenvalue weighted by Gasteiger charge is -2.36. The zero-order valence-electron chi connectivity index (χ0n) is 12.9. The summed E-state index contributed by atoms with van der Waals surface area (Å²) in [5.41, 5.74) is 1.50. The molecular formula is C14H24N4O2. The van der Waals surface area contributed by atoms with Gasteiger partial charge in [-0.2, -0.15) is 5.10 Å². The Labute approximate surface area is 120 Å². The molecule has 2 rings (SSSR count). The third-order valence-corrected chi connectivity index (χ3v) is 3.35. The number of aromatic nitrogens is 2. The van der Waals surface area contributed by atoms with Crippen LogP contribution >= 0.6 is 0 Å². The number of carbonyl (C=O) groups is 1. The number of aryl methyl sites for hydroxylation is 2. The van der Waals surface area contributed by atoms with Crippen molar-refractivity contribution in [3.8, 4) is 0 Å². The predicted octanol–water partition coefficient (Wildman–Crippen LogP) is 1.61. The van der Waals surface area contributed by atoms with E-state index in [-0.39, 0.29) is 12.1 Å². The zero-order valence-corrected chi connectivity index (χ0v) is 12.9. The number of nitrogens with one attached hydrogen (secondary N) is 1. The molecule has 0 aliphatic carbocycles. The Morgan fingerprint density at radius 2 is 2.20 bits per heavy atom. The van der Waals surface area contributed by atoms with E-state index in [2.05, 4.69) is 10.4 Å². The smallest absolute Gasteiger partial charge is 0.410 e. The average molecular weight is 280 g/mol. The van der Waals surface area contributed by atoms with Gasteiger partial charge in [-0.15, -0.1) is 0 Å². The molecule has 1 aromatic rings. The first-order valence-corrected chi connectivity index (χ1v) is 6.99. The number of hydrogen-bond donors (Lipinski definition) is 1. The molecule has 20 heavy (non-hydrogen) atoms. The van der Waals surface area contributed by atoms with Gasteiger partial charge in [0.2, 0.25) is 0 Å². The zero-order chi connectivity index (χ0) is 14.9. The largest absolute Gasteiger partial charge is 0.444 e. The standard InChI is InChI=1S/C14H24N4O2/c1-10-8-11(16-17(10)5)12-9-15-6-7-18(12)13(19)20-14(2,3)4/h8,12,15H,6-7,9H2,1-5H3. The number of piperazine rings is 1. The van der Waals surface area contributed by atoms with Gasteiger partial charge in [-0.1, -0.05) is 0 Å². The third kappa shape index (κ3) is 3.30. The number of rotatable bonds is 1. The van der Waals surface area contributed by atoms with E-state index in [1.807, 2.05) is 45.5 Å². The van der Waals surface area contributed by atoms with Crippen LogP contribution in [0.5, 0.6) is 0 Å². The summed E-state index contributed by atoms with van der Waals surface area (Å²) < 4.78 is 7.32. The summed E-state index contributed by atoms with van der Waals surface area (Å²) >= 11 is 0. The van der Waals surface area contributed by atoms with Crippen LogP contribution in [0, 0.1) is 6.92 Å². The van der Waals surface area contributed by atoms with Gasteiger partial charge >= 0.3 is 6.09 Å². The van der Waals surface area contributed by atoms with Crippen LogP contribution in [-0.4, -0.2) is 46.0 Å². The molecule has 1 amide bonds. The fourth-order valence-corrected chi connectivity index (χ4v) is 2.26. The van der Waals surface area contributed by atoms with Crippen LogP contribution in [0.25, 0.3) is 0 Å². The van der Waals surface area contributed by atoms with Crippen LogP contribution in [0.1, 0.15) is 38.2 Å². The van der Waals surface area contributed by atoms with Crippen molar-refractivity contribution < 1.29 is 9.53 Å². The predicted molar refractivity (Wildman–Crippen MR) is 76.5 cm³/mol. The van der Waals surface area contributed by atoms with Gasteiger partial charge in [-0.3, -0.25) is 9.58 Å². The van der Waals surface area contributed by atoms with Crippen molar-refractivity contribution in [3.63, 3.8) is 0 Å². The van der Waals surface area contributed by atoms with Gasteiger partial charge in [0, 0.05) is 32.4 Å². The topological polar surface area (TPSA) is 59.4 Å². The van der Waals surface area contributed by atoms with E-state index in [9.17, 15) is 4.79 Å². The van der Waals surface area contributed by atoms with E-state index in [0.717, 1.165) is 17.9 Å². The summed E-state index contributed by atoms with van der Waals surface area (Å²) in [6.07, 6.45) is -0.271. The average Bonchev–Trinajstić information content (AvgIpc) is 2.67. The summed E-state index contributed by atoms with van der Waals surface area (Å²) in [6, 6.07) is 1.95. The van der Waals surface area contributed by atoms with Crippen molar-refractivity contribution in [1.82, 2.24) is 20.0 Å². The lowest BCUT2D eigenvalue weighted by atomic mass is 10.1. The molecule has 0 aromatic carbocycles. The quantitative estimate of drug-likeness (QED) is 0.849. The second-order valence-electron chi connectivity index (χ2n) is 6.23. The van der Waals surface area contributed by atoms with E-state index in [0.29, 0.717) is 13.1 Å². The molecule has 0 spiro atoms. The maximum Gasteiger partial charge on any atom is 0.410 e. The molecule has 0 bridgehead atoms. The molecule has 6 nitrogen and oxygen atoms in total. The highest BCUT2D eigenvalue weighted by molar-refractivity contribution is 5.69. The first-order chi connectivity index (χ1) is 9.28.